The topological polar surface area (TPSA) is 58.8 Å². The van der Waals surface area contributed by atoms with E-state index in [4.69, 9.17) is 9.26 Å². The Bertz CT molecular complexity index is 480. The third-order valence-corrected chi connectivity index (χ3v) is 4.05. The molecule has 0 radical (unpaired) electrons. The first kappa shape index (κ1) is 13.6. The number of piperazine rings is 1. The monoisotopic (exact) mass is 279 g/mol. The van der Waals surface area contributed by atoms with Crippen molar-refractivity contribution in [2.75, 3.05) is 26.2 Å². The molecule has 2 aliphatic heterocycles. The predicted octanol–water partition coefficient (Wildman–Crippen LogP) is 0.805. The highest BCUT2D eigenvalue weighted by Gasteiger charge is 2.37. The van der Waals surface area contributed by atoms with Crippen LogP contribution in [0.5, 0.6) is 0 Å². The number of hydrogen-bond acceptors (Lipinski definition) is 6. The predicted molar refractivity (Wildman–Crippen MR) is 72.0 cm³/mol. The Labute approximate surface area is 118 Å². The zero-order chi connectivity index (χ0) is 14.1. The minimum atomic E-state index is -0.0585. The van der Waals surface area contributed by atoms with E-state index >= 15 is 0 Å². The molecule has 1 aromatic heterocycles. The lowest BCUT2D eigenvalue weighted by molar-refractivity contribution is -0.145. The van der Waals surface area contributed by atoms with Crippen LogP contribution in [0.3, 0.4) is 0 Å². The van der Waals surface area contributed by atoms with Gasteiger partial charge in [0.15, 0.2) is 5.76 Å². The molecule has 2 unspecified atom stereocenters. The molecule has 2 aliphatic rings. The minimum absolute atomic E-state index is 0.0420. The molecule has 20 heavy (non-hydrogen) atoms. The maximum Gasteiger partial charge on any atom is 0.323 e. The van der Waals surface area contributed by atoms with Crippen LogP contribution in [0.2, 0.25) is 0 Å². The van der Waals surface area contributed by atoms with Gasteiger partial charge in [0.05, 0.1) is 12.2 Å². The van der Waals surface area contributed by atoms with Crippen molar-refractivity contribution >= 4 is 5.97 Å². The van der Waals surface area contributed by atoms with Crippen LogP contribution in [0, 0.1) is 6.92 Å². The van der Waals surface area contributed by atoms with Crippen LogP contribution < -0.4 is 0 Å². The maximum absolute atomic E-state index is 11.8. The summed E-state index contributed by atoms with van der Waals surface area (Å²) in [6.07, 6.45) is 0.878. The lowest BCUT2D eigenvalue weighted by atomic mass is 10.1. The molecule has 3 heterocycles. The number of aryl methyl sites for hydroxylation is 1. The van der Waals surface area contributed by atoms with E-state index in [2.05, 4.69) is 15.0 Å². The van der Waals surface area contributed by atoms with Crippen molar-refractivity contribution in [1.29, 1.82) is 0 Å². The third-order valence-electron chi connectivity index (χ3n) is 4.05. The standard InChI is InChI=1S/C14H21N3O3/c1-10-7-12(20-15-10)9-16-3-5-17(6-4-16)13-8-11(2)19-14(13)18/h7,11,13H,3-6,8-9H2,1-2H3. The smallest absolute Gasteiger partial charge is 0.323 e. The van der Waals surface area contributed by atoms with Gasteiger partial charge in [-0.15, -0.1) is 0 Å². The molecule has 0 spiro atoms. The van der Waals surface area contributed by atoms with E-state index in [0.717, 1.165) is 50.6 Å². The van der Waals surface area contributed by atoms with Crippen molar-refractivity contribution in [2.24, 2.45) is 0 Å². The van der Waals surface area contributed by atoms with Gasteiger partial charge in [0, 0.05) is 38.7 Å². The highest BCUT2D eigenvalue weighted by molar-refractivity contribution is 5.78. The summed E-state index contributed by atoms with van der Waals surface area (Å²) in [4.78, 5) is 16.3. The number of carbonyl (C=O) groups excluding carboxylic acids is 1. The zero-order valence-electron chi connectivity index (χ0n) is 12.0. The molecule has 0 saturated carbocycles. The van der Waals surface area contributed by atoms with Gasteiger partial charge in [-0.25, -0.2) is 0 Å². The highest BCUT2D eigenvalue weighted by atomic mass is 16.6. The van der Waals surface area contributed by atoms with Crippen molar-refractivity contribution in [2.45, 2.75) is 39.0 Å². The molecular formula is C14H21N3O3. The van der Waals surface area contributed by atoms with E-state index in [-0.39, 0.29) is 18.1 Å². The fourth-order valence-corrected chi connectivity index (χ4v) is 2.98. The van der Waals surface area contributed by atoms with Gasteiger partial charge in [0.2, 0.25) is 0 Å². The Morgan fingerprint density at radius 2 is 2.10 bits per heavy atom. The van der Waals surface area contributed by atoms with Crippen LogP contribution >= 0.6 is 0 Å². The molecule has 6 heteroatoms. The summed E-state index contributed by atoms with van der Waals surface area (Å²) < 4.78 is 10.5. The molecule has 3 rings (SSSR count). The van der Waals surface area contributed by atoms with Gasteiger partial charge < -0.3 is 9.26 Å². The van der Waals surface area contributed by atoms with Crippen LogP contribution in [0.25, 0.3) is 0 Å². The molecule has 2 atom stereocenters. The van der Waals surface area contributed by atoms with Crippen molar-refractivity contribution in [3.8, 4) is 0 Å². The van der Waals surface area contributed by atoms with Gasteiger partial charge in [-0.2, -0.15) is 0 Å². The molecule has 110 valence electrons. The number of cyclic esters (lactones) is 1. The van der Waals surface area contributed by atoms with E-state index in [1.165, 1.54) is 0 Å². The Balaban J connectivity index is 1.51. The fraction of sp³-hybridized carbons (Fsp3) is 0.714. The lowest BCUT2D eigenvalue weighted by Crippen LogP contribution is -2.51. The molecule has 0 amide bonds. The van der Waals surface area contributed by atoms with Crippen LogP contribution in [0.15, 0.2) is 10.6 Å². The molecule has 0 aliphatic carbocycles. The molecule has 1 aromatic rings. The molecule has 6 nitrogen and oxygen atoms in total. The third kappa shape index (κ3) is 2.86. The minimum Gasteiger partial charge on any atom is -0.461 e. The van der Waals surface area contributed by atoms with Gasteiger partial charge in [0.25, 0.3) is 0 Å². The summed E-state index contributed by atoms with van der Waals surface area (Å²) in [6.45, 7) is 8.37. The normalized spacial score (nSPS) is 28.8. The molecule has 0 bridgehead atoms. The number of ether oxygens (including phenoxy) is 1. The first-order chi connectivity index (χ1) is 9.61. The number of rotatable bonds is 3. The summed E-state index contributed by atoms with van der Waals surface area (Å²) in [7, 11) is 0. The largest absolute Gasteiger partial charge is 0.461 e. The van der Waals surface area contributed by atoms with Crippen molar-refractivity contribution in [3.63, 3.8) is 0 Å². The van der Waals surface area contributed by atoms with E-state index in [1.54, 1.807) is 0 Å². The van der Waals surface area contributed by atoms with Gasteiger partial charge in [0.1, 0.15) is 12.1 Å². The summed E-state index contributed by atoms with van der Waals surface area (Å²) in [5, 5.41) is 3.91. The van der Waals surface area contributed by atoms with Gasteiger partial charge in [-0.3, -0.25) is 14.6 Å². The molecule has 2 saturated heterocycles. The van der Waals surface area contributed by atoms with Crippen LogP contribution in [0.4, 0.5) is 0 Å². The maximum atomic E-state index is 11.8. The first-order valence-corrected chi connectivity index (χ1v) is 7.21. The SMILES string of the molecule is Cc1cc(CN2CCN(C3CC(C)OC3=O)CC2)on1. The van der Waals surface area contributed by atoms with Gasteiger partial charge >= 0.3 is 5.97 Å². The molecular weight excluding hydrogens is 258 g/mol. The van der Waals surface area contributed by atoms with Crippen molar-refractivity contribution in [3.05, 3.63) is 17.5 Å². The van der Waals surface area contributed by atoms with Crippen LogP contribution in [-0.2, 0) is 16.1 Å². The number of esters is 1. The average Bonchev–Trinajstić information content (AvgIpc) is 2.96. The average molecular weight is 279 g/mol. The summed E-state index contributed by atoms with van der Waals surface area (Å²) in [6, 6.07) is 1.93. The van der Waals surface area contributed by atoms with E-state index in [1.807, 2.05) is 19.9 Å². The van der Waals surface area contributed by atoms with E-state index in [0.29, 0.717) is 0 Å². The summed E-state index contributed by atoms with van der Waals surface area (Å²) in [5.74, 6) is 0.849. The second-order valence-electron chi connectivity index (χ2n) is 5.75. The number of carbonyl (C=O) groups is 1. The van der Waals surface area contributed by atoms with Crippen LogP contribution in [-0.4, -0.2) is 59.3 Å². The molecule has 2 fully saturated rings. The summed E-state index contributed by atoms with van der Waals surface area (Å²) in [5.41, 5.74) is 0.918. The fourth-order valence-electron chi connectivity index (χ4n) is 2.98. The Kier molecular flexibility index (Phi) is 3.76. The lowest BCUT2D eigenvalue weighted by Gasteiger charge is -2.36. The van der Waals surface area contributed by atoms with Gasteiger partial charge in [-0.1, -0.05) is 5.16 Å². The molecule has 0 N–H and O–H groups in total. The van der Waals surface area contributed by atoms with Gasteiger partial charge in [-0.05, 0) is 13.8 Å². The number of nitrogens with zero attached hydrogens (tertiary/aromatic N) is 3. The second-order valence-corrected chi connectivity index (χ2v) is 5.75. The molecule has 0 aromatic carbocycles. The number of hydrogen-bond donors (Lipinski definition) is 0. The van der Waals surface area contributed by atoms with Crippen molar-refractivity contribution < 1.29 is 14.1 Å². The van der Waals surface area contributed by atoms with E-state index in [9.17, 15) is 4.79 Å². The Hall–Kier alpha value is -1.40. The second kappa shape index (κ2) is 5.54. The first-order valence-electron chi connectivity index (χ1n) is 7.21. The zero-order valence-corrected chi connectivity index (χ0v) is 12.0. The highest BCUT2D eigenvalue weighted by Crippen LogP contribution is 2.21. The Morgan fingerprint density at radius 1 is 1.35 bits per heavy atom. The van der Waals surface area contributed by atoms with Crippen LogP contribution in [0.1, 0.15) is 24.8 Å². The number of aromatic nitrogens is 1. The Morgan fingerprint density at radius 3 is 2.65 bits per heavy atom. The van der Waals surface area contributed by atoms with E-state index < -0.39 is 0 Å². The summed E-state index contributed by atoms with van der Waals surface area (Å²) >= 11 is 0. The quantitative estimate of drug-likeness (QED) is 0.763. The van der Waals surface area contributed by atoms with Crippen molar-refractivity contribution in [1.82, 2.24) is 15.0 Å².